The average molecular weight is 236 g/mol. The molecule has 1 N–H and O–H groups in total. The number of hydrogen-bond acceptors (Lipinski definition) is 3. The Balaban J connectivity index is 1.96. The lowest BCUT2D eigenvalue weighted by molar-refractivity contribution is -0.131. The number of carboxylic acid groups (broad SMARTS) is 1. The number of hydrogen-bond donors (Lipinski definition) is 1. The van der Waals surface area contributed by atoms with E-state index in [2.05, 4.69) is 0 Å². The van der Waals surface area contributed by atoms with Crippen LogP contribution in [0.5, 0.6) is 0 Å². The van der Waals surface area contributed by atoms with Gasteiger partial charge < -0.3 is 5.11 Å². The molecule has 1 aliphatic carbocycles. The van der Waals surface area contributed by atoms with Gasteiger partial charge in [0.15, 0.2) is 5.78 Å². The smallest absolute Gasteiger partial charge is 0.327 e. The molecule has 0 spiro atoms. The van der Waals surface area contributed by atoms with Gasteiger partial charge in [-0.25, -0.2) is 4.79 Å². The van der Waals surface area contributed by atoms with Crippen LogP contribution in [0.15, 0.2) is 24.3 Å². The molecular formula is C12H12O3S. The number of carboxylic acids is 1. The second-order valence-electron chi connectivity index (χ2n) is 3.85. The SMILES string of the molecule is O=C(O)/C=C/Cc1ccc(C(=O)C2CC2)s1. The summed E-state index contributed by atoms with van der Waals surface area (Å²) >= 11 is 1.47. The second kappa shape index (κ2) is 4.61. The van der Waals surface area contributed by atoms with Crippen molar-refractivity contribution in [3.05, 3.63) is 34.0 Å². The van der Waals surface area contributed by atoms with Gasteiger partial charge in [0.2, 0.25) is 0 Å². The molecule has 0 aliphatic heterocycles. The molecule has 1 aliphatic rings. The van der Waals surface area contributed by atoms with Gasteiger partial charge in [0.25, 0.3) is 0 Å². The van der Waals surface area contributed by atoms with E-state index in [0.717, 1.165) is 28.7 Å². The maximum atomic E-state index is 11.7. The fourth-order valence-electron chi connectivity index (χ4n) is 1.44. The normalized spacial score (nSPS) is 15.5. The topological polar surface area (TPSA) is 54.4 Å². The van der Waals surface area contributed by atoms with Crippen molar-refractivity contribution in [3.63, 3.8) is 0 Å². The van der Waals surface area contributed by atoms with E-state index in [0.29, 0.717) is 6.42 Å². The third kappa shape index (κ3) is 2.79. The van der Waals surface area contributed by atoms with Gasteiger partial charge in [-0.2, -0.15) is 0 Å². The quantitative estimate of drug-likeness (QED) is 0.631. The predicted octanol–water partition coefficient (Wildman–Crippen LogP) is 2.52. The lowest BCUT2D eigenvalue weighted by Gasteiger charge is -1.91. The standard InChI is InChI=1S/C12H12O3S/c13-11(14)3-1-2-9-6-7-10(16-9)12(15)8-4-5-8/h1,3,6-8H,2,4-5H2,(H,13,14)/b3-1+. The van der Waals surface area contributed by atoms with E-state index in [9.17, 15) is 9.59 Å². The lowest BCUT2D eigenvalue weighted by atomic mass is 10.2. The van der Waals surface area contributed by atoms with Crippen LogP contribution in [0.25, 0.3) is 0 Å². The third-order valence-corrected chi connectivity index (χ3v) is 3.55. The zero-order chi connectivity index (χ0) is 11.5. The molecule has 16 heavy (non-hydrogen) atoms. The Kier molecular flexibility index (Phi) is 3.19. The summed E-state index contributed by atoms with van der Waals surface area (Å²) in [7, 11) is 0. The van der Waals surface area contributed by atoms with Crippen LogP contribution in [0.2, 0.25) is 0 Å². The van der Waals surface area contributed by atoms with E-state index in [-0.39, 0.29) is 11.7 Å². The lowest BCUT2D eigenvalue weighted by Crippen LogP contribution is -1.96. The monoisotopic (exact) mass is 236 g/mol. The molecule has 0 atom stereocenters. The fourth-order valence-corrected chi connectivity index (χ4v) is 2.44. The number of allylic oxidation sites excluding steroid dienone is 1. The van der Waals surface area contributed by atoms with Crippen molar-refractivity contribution in [1.82, 2.24) is 0 Å². The molecule has 0 bridgehead atoms. The van der Waals surface area contributed by atoms with Gasteiger partial charge in [0, 0.05) is 23.3 Å². The number of aliphatic carboxylic acids is 1. The minimum Gasteiger partial charge on any atom is -0.478 e. The molecule has 1 aromatic heterocycles. The van der Waals surface area contributed by atoms with Gasteiger partial charge in [-0.05, 0) is 25.0 Å². The van der Waals surface area contributed by atoms with Crippen molar-refractivity contribution in [2.75, 3.05) is 0 Å². The minimum atomic E-state index is -0.939. The summed E-state index contributed by atoms with van der Waals surface area (Å²) in [5, 5.41) is 8.43. The highest BCUT2D eigenvalue weighted by molar-refractivity contribution is 7.14. The van der Waals surface area contributed by atoms with Crippen molar-refractivity contribution in [3.8, 4) is 0 Å². The van der Waals surface area contributed by atoms with Gasteiger partial charge in [0.05, 0.1) is 4.88 Å². The minimum absolute atomic E-state index is 0.249. The second-order valence-corrected chi connectivity index (χ2v) is 5.02. The molecule has 3 nitrogen and oxygen atoms in total. The first-order chi connectivity index (χ1) is 7.66. The van der Waals surface area contributed by atoms with E-state index in [1.807, 2.05) is 12.1 Å². The summed E-state index contributed by atoms with van der Waals surface area (Å²) < 4.78 is 0. The van der Waals surface area contributed by atoms with Crippen molar-refractivity contribution < 1.29 is 14.7 Å². The van der Waals surface area contributed by atoms with Crippen molar-refractivity contribution >= 4 is 23.1 Å². The molecular weight excluding hydrogens is 224 g/mol. The van der Waals surface area contributed by atoms with Crippen LogP contribution in [-0.4, -0.2) is 16.9 Å². The first-order valence-electron chi connectivity index (χ1n) is 5.19. The zero-order valence-corrected chi connectivity index (χ0v) is 9.50. The molecule has 0 aromatic carbocycles. The Hall–Kier alpha value is -1.42. The summed E-state index contributed by atoms with van der Waals surface area (Å²) in [4.78, 5) is 23.8. The van der Waals surface area contributed by atoms with E-state index in [1.54, 1.807) is 6.08 Å². The third-order valence-electron chi connectivity index (χ3n) is 2.43. The Bertz CT molecular complexity index is 441. The molecule has 84 valence electrons. The van der Waals surface area contributed by atoms with Crippen molar-refractivity contribution in [2.45, 2.75) is 19.3 Å². The van der Waals surface area contributed by atoms with Gasteiger partial charge in [-0.15, -0.1) is 11.3 Å². The first kappa shape index (κ1) is 11.1. The summed E-state index contributed by atoms with van der Waals surface area (Å²) in [5.74, 6) is -0.439. The Morgan fingerprint density at radius 1 is 1.44 bits per heavy atom. The molecule has 1 aromatic rings. The predicted molar refractivity (Wildman–Crippen MR) is 61.9 cm³/mol. The summed E-state index contributed by atoms with van der Waals surface area (Å²) in [6.07, 6.45) is 5.34. The molecule has 1 fully saturated rings. The van der Waals surface area contributed by atoms with Crippen LogP contribution >= 0.6 is 11.3 Å². The fraction of sp³-hybridized carbons (Fsp3) is 0.333. The molecule has 0 saturated heterocycles. The van der Waals surface area contributed by atoms with Gasteiger partial charge >= 0.3 is 5.97 Å². The highest BCUT2D eigenvalue weighted by atomic mass is 32.1. The largest absolute Gasteiger partial charge is 0.478 e. The molecule has 0 unspecified atom stereocenters. The molecule has 2 rings (SSSR count). The van der Waals surface area contributed by atoms with E-state index < -0.39 is 5.97 Å². The number of rotatable bonds is 5. The maximum absolute atomic E-state index is 11.7. The zero-order valence-electron chi connectivity index (χ0n) is 8.68. The molecule has 0 amide bonds. The number of ketones is 1. The van der Waals surface area contributed by atoms with Crippen LogP contribution in [-0.2, 0) is 11.2 Å². The highest BCUT2D eigenvalue weighted by Crippen LogP contribution is 2.34. The van der Waals surface area contributed by atoms with Crippen LogP contribution in [0.4, 0.5) is 0 Å². The van der Waals surface area contributed by atoms with Gasteiger partial charge in [-0.3, -0.25) is 4.79 Å². The number of thiophene rings is 1. The van der Waals surface area contributed by atoms with Crippen molar-refractivity contribution in [2.24, 2.45) is 5.92 Å². The summed E-state index contributed by atoms with van der Waals surface area (Å²) in [6, 6.07) is 3.74. The van der Waals surface area contributed by atoms with Crippen LogP contribution in [0, 0.1) is 5.92 Å². The Labute approximate surface area is 97.4 Å². The Morgan fingerprint density at radius 3 is 2.81 bits per heavy atom. The summed E-state index contributed by atoms with van der Waals surface area (Å²) in [5.41, 5.74) is 0. The number of carbonyl (C=O) groups is 2. The van der Waals surface area contributed by atoms with E-state index in [1.165, 1.54) is 11.3 Å². The van der Waals surface area contributed by atoms with E-state index >= 15 is 0 Å². The van der Waals surface area contributed by atoms with Crippen LogP contribution in [0.3, 0.4) is 0 Å². The maximum Gasteiger partial charge on any atom is 0.327 e. The Morgan fingerprint density at radius 2 is 2.19 bits per heavy atom. The highest BCUT2D eigenvalue weighted by Gasteiger charge is 2.31. The average Bonchev–Trinajstić information content (AvgIpc) is 2.97. The van der Waals surface area contributed by atoms with Gasteiger partial charge in [-0.1, -0.05) is 6.08 Å². The molecule has 0 radical (unpaired) electrons. The van der Waals surface area contributed by atoms with Crippen LogP contribution < -0.4 is 0 Å². The van der Waals surface area contributed by atoms with Crippen LogP contribution in [0.1, 0.15) is 27.4 Å². The number of Topliss-reactive ketones (excluding diaryl/α,β-unsaturated/α-hetero) is 1. The summed E-state index contributed by atoms with van der Waals surface area (Å²) in [6.45, 7) is 0. The number of carbonyl (C=O) groups excluding carboxylic acids is 1. The van der Waals surface area contributed by atoms with Gasteiger partial charge in [0.1, 0.15) is 0 Å². The molecule has 1 saturated carbocycles. The molecule has 1 heterocycles. The van der Waals surface area contributed by atoms with Crippen molar-refractivity contribution in [1.29, 1.82) is 0 Å². The molecule has 4 heteroatoms. The van der Waals surface area contributed by atoms with E-state index in [4.69, 9.17) is 5.11 Å². The first-order valence-corrected chi connectivity index (χ1v) is 6.01.